The summed E-state index contributed by atoms with van der Waals surface area (Å²) in [5.41, 5.74) is 0.615. The third-order valence-corrected chi connectivity index (χ3v) is 3.39. The minimum Gasteiger partial charge on any atom is -0.382 e. The van der Waals surface area contributed by atoms with Gasteiger partial charge in [-0.25, -0.2) is 4.39 Å². The van der Waals surface area contributed by atoms with Crippen LogP contribution in [-0.4, -0.2) is 31.7 Å². The van der Waals surface area contributed by atoms with E-state index >= 15 is 0 Å². The summed E-state index contributed by atoms with van der Waals surface area (Å²) in [4.78, 5) is 12.1. The van der Waals surface area contributed by atoms with E-state index in [4.69, 9.17) is 4.74 Å². The first kappa shape index (κ1) is 14.8. The third kappa shape index (κ3) is 3.70. The van der Waals surface area contributed by atoms with Crippen LogP contribution in [0.4, 0.5) is 10.1 Å². The quantitative estimate of drug-likeness (QED) is 0.842. The van der Waals surface area contributed by atoms with E-state index in [1.165, 1.54) is 6.07 Å². The van der Waals surface area contributed by atoms with Crippen molar-refractivity contribution in [2.75, 3.05) is 25.0 Å². The number of nitrogens with one attached hydrogen (secondary N) is 2. The lowest BCUT2D eigenvalue weighted by molar-refractivity contribution is 0.0907. The zero-order chi connectivity index (χ0) is 14.4. The highest BCUT2D eigenvalue weighted by molar-refractivity contribution is 5.99. The molecule has 20 heavy (non-hydrogen) atoms. The first-order valence-corrected chi connectivity index (χ1v) is 7.14. The van der Waals surface area contributed by atoms with Crippen LogP contribution in [0.15, 0.2) is 18.2 Å². The summed E-state index contributed by atoms with van der Waals surface area (Å²) in [7, 11) is 0. The van der Waals surface area contributed by atoms with E-state index in [1.807, 2.05) is 6.92 Å². The first-order chi connectivity index (χ1) is 9.72. The van der Waals surface area contributed by atoms with Gasteiger partial charge < -0.3 is 15.4 Å². The molecule has 1 aromatic carbocycles. The number of para-hydroxylation sites is 1. The van der Waals surface area contributed by atoms with Crippen LogP contribution in [0.1, 0.15) is 36.5 Å². The molecule has 1 aliphatic heterocycles. The zero-order valence-corrected chi connectivity index (χ0v) is 11.7. The van der Waals surface area contributed by atoms with Gasteiger partial charge in [0.1, 0.15) is 5.82 Å². The molecule has 1 atom stereocenters. The van der Waals surface area contributed by atoms with Gasteiger partial charge in [0.15, 0.2) is 0 Å². The van der Waals surface area contributed by atoms with Gasteiger partial charge in [-0.1, -0.05) is 6.07 Å². The molecule has 5 heteroatoms. The monoisotopic (exact) mass is 280 g/mol. The van der Waals surface area contributed by atoms with Crippen molar-refractivity contribution in [3.05, 3.63) is 29.6 Å². The van der Waals surface area contributed by atoms with E-state index in [2.05, 4.69) is 10.6 Å². The number of halogens is 1. The van der Waals surface area contributed by atoms with Crippen molar-refractivity contribution in [3.8, 4) is 0 Å². The summed E-state index contributed by atoms with van der Waals surface area (Å²) < 4.78 is 19.2. The Kier molecular flexibility index (Phi) is 5.35. The molecule has 2 rings (SSSR count). The molecule has 110 valence electrons. The van der Waals surface area contributed by atoms with Gasteiger partial charge in [0.2, 0.25) is 0 Å². The third-order valence-electron chi connectivity index (χ3n) is 3.39. The standard InChI is InChI=1S/C15H21FN2O2/c1-2-17-14-12(6-3-7-13(14)16)15(19)18-9-8-11-5-4-10-20-11/h3,6-7,11,17H,2,4-5,8-10H2,1H3,(H,18,19). The maximum Gasteiger partial charge on any atom is 0.253 e. The number of rotatable bonds is 6. The second-order valence-electron chi connectivity index (χ2n) is 4.87. The lowest BCUT2D eigenvalue weighted by Gasteiger charge is -2.13. The number of amides is 1. The first-order valence-electron chi connectivity index (χ1n) is 7.14. The van der Waals surface area contributed by atoms with Crippen LogP contribution in [0.2, 0.25) is 0 Å². The zero-order valence-electron chi connectivity index (χ0n) is 11.7. The molecule has 0 aromatic heterocycles. The minimum absolute atomic E-state index is 0.246. The lowest BCUT2D eigenvalue weighted by atomic mass is 10.1. The Labute approximate surface area is 118 Å². The van der Waals surface area contributed by atoms with Crippen LogP contribution in [0, 0.1) is 5.82 Å². The Morgan fingerprint density at radius 2 is 2.35 bits per heavy atom. The smallest absolute Gasteiger partial charge is 0.253 e. The Bertz CT molecular complexity index is 459. The van der Waals surface area contributed by atoms with Gasteiger partial charge in [0, 0.05) is 19.7 Å². The molecule has 4 nitrogen and oxygen atoms in total. The highest BCUT2D eigenvalue weighted by Gasteiger charge is 2.17. The van der Waals surface area contributed by atoms with Gasteiger partial charge in [-0.05, 0) is 38.3 Å². The number of carbonyl (C=O) groups is 1. The Morgan fingerprint density at radius 1 is 1.50 bits per heavy atom. The summed E-state index contributed by atoms with van der Waals surface area (Å²) in [5, 5.41) is 5.72. The van der Waals surface area contributed by atoms with Gasteiger partial charge in [-0.3, -0.25) is 4.79 Å². The number of anilines is 1. The summed E-state index contributed by atoms with van der Waals surface area (Å²) in [5.74, 6) is -0.655. The highest BCUT2D eigenvalue weighted by atomic mass is 19.1. The maximum atomic E-state index is 13.7. The highest BCUT2D eigenvalue weighted by Crippen LogP contribution is 2.20. The fraction of sp³-hybridized carbons (Fsp3) is 0.533. The molecule has 2 N–H and O–H groups in total. The molecule has 1 unspecified atom stereocenters. The predicted molar refractivity (Wildman–Crippen MR) is 76.5 cm³/mol. The van der Waals surface area contributed by atoms with Crippen molar-refractivity contribution in [1.29, 1.82) is 0 Å². The molecule has 1 saturated heterocycles. The predicted octanol–water partition coefficient (Wildman–Crippen LogP) is 2.56. The van der Waals surface area contributed by atoms with Crippen LogP contribution >= 0.6 is 0 Å². The van der Waals surface area contributed by atoms with Crippen molar-refractivity contribution in [2.45, 2.75) is 32.3 Å². The van der Waals surface area contributed by atoms with Crippen molar-refractivity contribution in [1.82, 2.24) is 5.32 Å². The second-order valence-corrected chi connectivity index (χ2v) is 4.87. The van der Waals surface area contributed by atoms with Gasteiger partial charge >= 0.3 is 0 Å². The molecule has 1 fully saturated rings. The lowest BCUT2D eigenvalue weighted by Crippen LogP contribution is -2.28. The van der Waals surface area contributed by atoms with Crippen molar-refractivity contribution in [2.24, 2.45) is 0 Å². The molecule has 0 spiro atoms. The molecular formula is C15H21FN2O2. The number of hydrogen-bond donors (Lipinski definition) is 2. The van der Waals surface area contributed by atoms with E-state index in [0.29, 0.717) is 18.7 Å². The average molecular weight is 280 g/mol. The Balaban J connectivity index is 1.92. The van der Waals surface area contributed by atoms with Gasteiger partial charge in [-0.15, -0.1) is 0 Å². The average Bonchev–Trinajstić information content (AvgIpc) is 2.94. The minimum atomic E-state index is -0.404. The van der Waals surface area contributed by atoms with E-state index in [1.54, 1.807) is 12.1 Å². The number of hydrogen-bond acceptors (Lipinski definition) is 3. The number of ether oxygens (including phenoxy) is 1. The van der Waals surface area contributed by atoms with Crippen molar-refractivity contribution in [3.63, 3.8) is 0 Å². The maximum absolute atomic E-state index is 13.7. The second kappa shape index (κ2) is 7.24. The summed E-state index contributed by atoms with van der Waals surface area (Å²) in [6, 6.07) is 4.52. The summed E-state index contributed by atoms with van der Waals surface area (Å²) in [6.45, 7) is 3.79. The van der Waals surface area contributed by atoms with Crippen LogP contribution < -0.4 is 10.6 Å². The summed E-state index contributed by atoms with van der Waals surface area (Å²) >= 11 is 0. The molecule has 0 bridgehead atoms. The Morgan fingerprint density at radius 3 is 3.05 bits per heavy atom. The van der Waals surface area contributed by atoms with Crippen LogP contribution in [0.3, 0.4) is 0 Å². The van der Waals surface area contributed by atoms with Crippen molar-refractivity contribution < 1.29 is 13.9 Å². The summed E-state index contributed by atoms with van der Waals surface area (Å²) in [6.07, 6.45) is 3.19. The van der Waals surface area contributed by atoms with E-state index in [0.717, 1.165) is 25.9 Å². The van der Waals surface area contributed by atoms with Crippen LogP contribution in [0.25, 0.3) is 0 Å². The topological polar surface area (TPSA) is 50.4 Å². The molecule has 1 amide bonds. The normalized spacial score (nSPS) is 18.0. The molecule has 0 saturated carbocycles. The van der Waals surface area contributed by atoms with Gasteiger partial charge in [0.05, 0.1) is 17.4 Å². The van der Waals surface area contributed by atoms with Gasteiger partial charge in [-0.2, -0.15) is 0 Å². The van der Waals surface area contributed by atoms with E-state index in [-0.39, 0.29) is 17.7 Å². The van der Waals surface area contributed by atoms with E-state index in [9.17, 15) is 9.18 Å². The molecule has 1 aliphatic rings. The SMILES string of the molecule is CCNc1c(F)cccc1C(=O)NCCC1CCCO1. The molecule has 1 aromatic rings. The molecular weight excluding hydrogens is 259 g/mol. The van der Waals surface area contributed by atoms with Gasteiger partial charge in [0.25, 0.3) is 5.91 Å². The fourth-order valence-electron chi connectivity index (χ4n) is 2.38. The fourth-order valence-corrected chi connectivity index (χ4v) is 2.38. The largest absolute Gasteiger partial charge is 0.382 e. The number of benzene rings is 1. The molecule has 1 heterocycles. The number of carbonyl (C=O) groups excluding carboxylic acids is 1. The van der Waals surface area contributed by atoms with E-state index < -0.39 is 5.82 Å². The molecule has 0 radical (unpaired) electrons. The van der Waals surface area contributed by atoms with Crippen LogP contribution in [0.5, 0.6) is 0 Å². The Hall–Kier alpha value is -1.62. The molecule has 0 aliphatic carbocycles. The van der Waals surface area contributed by atoms with Crippen molar-refractivity contribution >= 4 is 11.6 Å². The van der Waals surface area contributed by atoms with Crippen LogP contribution in [-0.2, 0) is 4.74 Å².